The molecular formula is C24H30N2O4S. The number of nitrogens with zero attached hydrogens (tertiary/aromatic N) is 1. The molecule has 1 aliphatic heterocycles. The number of sulfonamides is 1. The van der Waals surface area contributed by atoms with Gasteiger partial charge in [-0.05, 0) is 80.5 Å². The molecule has 2 aromatic rings. The predicted octanol–water partition coefficient (Wildman–Crippen LogP) is 4.13. The standard InChI is InChI=1S/C24H30N2O4S/c1-16-13-17(2)20-9-6-12-26(21(20)14-16)24(27)18-10-11-22(30-3)23(15-18)31(28,29)25-19-7-4-5-8-19/h10-11,13-15,19,25H,4-9,12H2,1-3H3. The first-order chi connectivity index (χ1) is 14.8. The van der Waals surface area contributed by atoms with Gasteiger partial charge < -0.3 is 9.64 Å². The molecule has 0 unspecified atom stereocenters. The fourth-order valence-electron chi connectivity index (χ4n) is 4.79. The van der Waals surface area contributed by atoms with Crippen LogP contribution in [0.2, 0.25) is 0 Å². The van der Waals surface area contributed by atoms with Crippen molar-refractivity contribution in [3.63, 3.8) is 0 Å². The molecule has 1 aliphatic carbocycles. The molecule has 166 valence electrons. The Kier molecular flexibility index (Phi) is 6.08. The number of carbonyl (C=O) groups excluding carboxylic acids is 1. The molecule has 0 saturated heterocycles. The number of fused-ring (bicyclic) bond motifs is 1. The summed E-state index contributed by atoms with van der Waals surface area (Å²) in [6.07, 6.45) is 5.55. The first-order valence-electron chi connectivity index (χ1n) is 10.9. The lowest BCUT2D eigenvalue weighted by Crippen LogP contribution is -2.36. The van der Waals surface area contributed by atoms with Gasteiger partial charge in [0, 0.05) is 23.8 Å². The smallest absolute Gasteiger partial charge is 0.258 e. The number of aryl methyl sites for hydroxylation is 2. The topological polar surface area (TPSA) is 75.7 Å². The predicted molar refractivity (Wildman–Crippen MR) is 121 cm³/mol. The van der Waals surface area contributed by atoms with Crippen LogP contribution in [-0.2, 0) is 16.4 Å². The molecule has 1 amide bonds. The van der Waals surface area contributed by atoms with Crippen molar-refractivity contribution < 1.29 is 17.9 Å². The average Bonchev–Trinajstić information content (AvgIpc) is 3.24. The Labute approximate surface area is 184 Å². The van der Waals surface area contributed by atoms with E-state index in [9.17, 15) is 13.2 Å². The lowest BCUT2D eigenvalue weighted by molar-refractivity contribution is 0.0985. The highest BCUT2D eigenvalue weighted by Gasteiger charge is 2.29. The van der Waals surface area contributed by atoms with Crippen LogP contribution in [0.5, 0.6) is 5.75 Å². The van der Waals surface area contributed by atoms with Crippen LogP contribution >= 0.6 is 0 Å². The van der Waals surface area contributed by atoms with E-state index >= 15 is 0 Å². The van der Waals surface area contributed by atoms with E-state index < -0.39 is 10.0 Å². The Balaban J connectivity index is 1.70. The molecule has 2 aromatic carbocycles. The van der Waals surface area contributed by atoms with Crippen molar-refractivity contribution in [1.82, 2.24) is 4.72 Å². The van der Waals surface area contributed by atoms with Crippen LogP contribution in [0.3, 0.4) is 0 Å². The molecule has 1 saturated carbocycles. The molecule has 0 aromatic heterocycles. The number of benzene rings is 2. The minimum Gasteiger partial charge on any atom is -0.495 e. The summed E-state index contributed by atoms with van der Waals surface area (Å²) in [6.45, 7) is 4.72. The largest absolute Gasteiger partial charge is 0.495 e. The molecule has 7 heteroatoms. The summed E-state index contributed by atoms with van der Waals surface area (Å²) in [5.74, 6) is 0.0544. The number of nitrogens with one attached hydrogen (secondary N) is 1. The van der Waals surface area contributed by atoms with E-state index in [1.807, 2.05) is 13.0 Å². The third-order valence-corrected chi connectivity index (χ3v) is 7.86. The van der Waals surface area contributed by atoms with E-state index in [1.165, 1.54) is 24.3 Å². The molecule has 2 aliphatic rings. The van der Waals surface area contributed by atoms with Crippen LogP contribution in [-0.4, -0.2) is 34.0 Å². The van der Waals surface area contributed by atoms with E-state index in [4.69, 9.17) is 4.74 Å². The molecular weight excluding hydrogens is 412 g/mol. The summed E-state index contributed by atoms with van der Waals surface area (Å²) in [6, 6.07) is 8.79. The number of ether oxygens (including phenoxy) is 1. The quantitative estimate of drug-likeness (QED) is 0.756. The number of hydrogen-bond donors (Lipinski definition) is 1. The van der Waals surface area contributed by atoms with Gasteiger partial charge in [-0.15, -0.1) is 0 Å². The van der Waals surface area contributed by atoms with E-state index in [2.05, 4.69) is 17.7 Å². The molecule has 1 heterocycles. The summed E-state index contributed by atoms with van der Waals surface area (Å²) in [7, 11) is -2.35. The maximum Gasteiger partial charge on any atom is 0.258 e. The maximum atomic E-state index is 13.5. The molecule has 31 heavy (non-hydrogen) atoms. The third kappa shape index (κ3) is 4.34. The average molecular weight is 443 g/mol. The Morgan fingerprint density at radius 1 is 1.10 bits per heavy atom. The van der Waals surface area contributed by atoms with Crippen molar-refractivity contribution in [3.05, 3.63) is 52.6 Å². The second kappa shape index (κ2) is 8.63. The van der Waals surface area contributed by atoms with Gasteiger partial charge in [0.1, 0.15) is 10.6 Å². The van der Waals surface area contributed by atoms with Crippen molar-refractivity contribution in [3.8, 4) is 5.75 Å². The maximum absolute atomic E-state index is 13.5. The van der Waals surface area contributed by atoms with Crippen molar-refractivity contribution in [2.45, 2.75) is 63.3 Å². The van der Waals surface area contributed by atoms with Gasteiger partial charge in [-0.2, -0.15) is 0 Å². The Morgan fingerprint density at radius 2 is 1.84 bits per heavy atom. The number of carbonyl (C=O) groups is 1. The van der Waals surface area contributed by atoms with Gasteiger partial charge in [-0.25, -0.2) is 13.1 Å². The van der Waals surface area contributed by atoms with E-state index in [0.29, 0.717) is 12.1 Å². The zero-order chi connectivity index (χ0) is 22.2. The molecule has 1 N–H and O–H groups in total. The van der Waals surface area contributed by atoms with Crippen molar-refractivity contribution in [1.29, 1.82) is 0 Å². The minimum atomic E-state index is -3.79. The SMILES string of the molecule is COc1ccc(C(=O)N2CCCc3c(C)cc(C)cc32)cc1S(=O)(=O)NC1CCCC1. The third-order valence-electron chi connectivity index (χ3n) is 6.32. The van der Waals surface area contributed by atoms with Gasteiger partial charge in [0.25, 0.3) is 5.91 Å². The lowest BCUT2D eigenvalue weighted by atomic mass is 9.94. The minimum absolute atomic E-state index is 0.0189. The zero-order valence-electron chi connectivity index (χ0n) is 18.4. The summed E-state index contributed by atoms with van der Waals surface area (Å²) in [5.41, 5.74) is 4.76. The van der Waals surface area contributed by atoms with Crippen LogP contribution in [0, 0.1) is 13.8 Å². The number of amides is 1. The fraction of sp³-hybridized carbons (Fsp3) is 0.458. The number of anilines is 1. The number of hydrogen-bond acceptors (Lipinski definition) is 4. The van der Waals surface area contributed by atoms with Gasteiger partial charge in [0.05, 0.1) is 7.11 Å². The number of methoxy groups -OCH3 is 1. The summed E-state index contributed by atoms with van der Waals surface area (Å²) < 4.78 is 34.3. The molecule has 4 rings (SSSR count). The van der Waals surface area contributed by atoms with Gasteiger partial charge in [-0.3, -0.25) is 4.79 Å². The van der Waals surface area contributed by atoms with E-state index in [-0.39, 0.29) is 22.6 Å². The van der Waals surface area contributed by atoms with E-state index in [1.54, 1.807) is 17.0 Å². The van der Waals surface area contributed by atoms with Crippen molar-refractivity contribution in [2.75, 3.05) is 18.6 Å². The molecule has 0 radical (unpaired) electrons. The zero-order valence-corrected chi connectivity index (χ0v) is 19.2. The van der Waals surface area contributed by atoms with Crippen molar-refractivity contribution in [2.24, 2.45) is 0 Å². The lowest BCUT2D eigenvalue weighted by Gasteiger charge is -2.31. The first kappa shape index (κ1) is 21.8. The fourth-order valence-corrected chi connectivity index (χ4v) is 6.29. The van der Waals surface area contributed by atoms with Crippen LogP contribution in [0.15, 0.2) is 35.2 Å². The molecule has 6 nitrogen and oxygen atoms in total. The Hall–Kier alpha value is -2.38. The summed E-state index contributed by atoms with van der Waals surface area (Å²) in [5, 5.41) is 0. The van der Waals surface area contributed by atoms with E-state index in [0.717, 1.165) is 49.8 Å². The van der Waals surface area contributed by atoms with Gasteiger partial charge in [0.2, 0.25) is 10.0 Å². The van der Waals surface area contributed by atoms with Gasteiger partial charge in [0.15, 0.2) is 0 Å². The highest BCUT2D eigenvalue weighted by Crippen LogP contribution is 2.33. The number of rotatable bonds is 5. The monoisotopic (exact) mass is 442 g/mol. The highest BCUT2D eigenvalue weighted by atomic mass is 32.2. The van der Waals surface area contributed by atoms with Crippen LogP contribution in [0.1, 0.15) is 59.2 Å². The van der Waals surface area contributed by atoms with Crippen LogP contribution in [0.4, 0.5) is 5.69 Å². The van der Waals surface area contributed by atoms with Crippen LogP contribution < -0.4 is 14.4 Å². The second-order valence-electron chi connectivity index (χ2n) is 8.61. The first-order valence-corrected chi connectivity index (χ1v) is 12.4. The molecule has 1 fully saturated rings. The molecule has 0 spiro atoms. The Morgan fingerprint density at radius 3 is 2.55 bits per heavy atom. The Bertz CT molecular complexity index is 1100. The van der Waals surface area contributed by atoms with Gasteiger partial charge >= 0.3 is 0 Å². The van der Waals surface area contributed by atoms with Gasteiger partial charge in [-0.1, -0.05) is 18.9 Å². The summed E-state index contributed by atoms with van der Waals surface area (Å²) in [4.78, 5) is 15.3. The molecule has 0 bridgehead atoms. The normalized spacial score (nSPS) is 16.9. The van der Waals surface area contributed by atoms with Crippen molar-refractivity contribution >= 4 is 21.6 Å². The highest BCUT2D eigenvalue weighted by molar-refractivity contribution is 7.89. The second-order valence-corrected chi connectivity index (χ2v) is 10.3. The molecule has 0 atom stereocenters. The van der Waals surface area contributed by atoms with Crippen LogP contribution in [0.25, 0.3) is 0 Å². The summed E-state index contributed by atoms with van der Waals surface area (Å²) >= 11 is 0.